The first-order chi connectivity index (χ1) is 8.95. The fraction of sp³-hybridized carbons (Fsp3) is 0.667. The zero-order valence-electron chi connectivity index (χ0n) is 10.8. The molecule has 0 unspecified atom stereocenters. The number of rotatable bonds is 3. The van der Waals surface area contributed by atoms with Crippen molar-refractivity contribution in [2.75, 3.05) is 6.61 Å². The van der Waals surface area contributed by atoms with Gasteiger partial charge < -0.3 is 9.84 Å². The lowest BCUT2D eigenvalue weighted by Crippen LogP contribution is -2.39. The first kappa shape index (κ1) is 14.0. The Balaban J connectivity index is 2.42. The Morgan fingerprint density at radius 2 is 2.26 bits per heavy atom. The minimum Gasteiger partial charge on any atom is -0.393 e. The van der Waals surface area contributed by atoms with E-state index < -0.39 is 35.2 Å². The van der Waals surface area contributed by atoms with Gasteiger partial charge in [-0.15, -0.1) is 0 Å². The SMILES string of the molecule is CC[C@@]1(CO)O[C@@H](n2ccc(=O)[nH]c2=O)[C@@H](F)[C@@H]1C. The van der Waals surface area contributed by atoms with Gasteiger partial charge in [-0.25, -0.2) is 9.18 Å². The number of aromatic nitrogens is 2. The summed E-state index contributed by atoms with van der Waals surface area (Å²) in [7, 11) is 0. The van der Waals surface area contributed by atoms with Crippen LogP contribution in [0.1, 0.15) is 26.5 Å². The van der Waals surface area contributed by atoms with Crippen molar-refractivity contribution in [2.45, 2.75) is 38.3 Å². The monoisotopic (exact) mass is 272 g/mol. The Bertz CT molecular complexity index is 563. The smallest absolute Gasteiger partial charge is 0.330 e. The molecule has 6 nitrogen and oxygen atoms in total. The molecule has 0 spiro atoms. The molecule has 0 radical (unpaired) electrons. The van der Waals surface area contributed by atoms with Crippen molar-refractivity contribution in [1.82, 2.24) is 9.55 Å². The van der Waals surface area contributed by atoms with Crippen LogP contribution in [0.3, 0.4) is 0 Å². The number of aromatic amines is 1. The van der Waals surface area contributed by atoms with Crippen LogP contribution in [0.25, 0.3) is 0 Å². The quantitative estimate of drug-likeness (QED) is 0.822. The van der Waals surface area contributed by atoms with E-state index in [1.807, 2.05) is 0 Å². The lowest BCUT2D eigenvalue weighted by Gasteiger charge is -2.29. The van der Waals surface area contributed by atoms with E-state index in [1.165, 1.54) is 6.20 Å². The molecule has 1 saturated heterocycles. The highest BCUT2D eigenvalue weighted by atomic mass is 19.1. The van der Waals surface area contributed by atoms with E-state index in [9.17, 15) is 19.1 Å². The summed E-state index contributed by atoms with van der Waals surface area (Å²) < 4.78 is 20.9. The van der Waals surface area contributed by atoms with E-state index in [0.717, 1.165) is 10.6 Å². The Labute approximate surface area is 108 Å². The first-order valence-electron chi connectivity index (χ1n) is 6.19. The summed E-state index contributed by atoms with van der Waals surface area (Å²) in [4.78, 5) is 24.7. The van der Waals surface area contributed by atoms with Gasteiger partial charge in [0, 0.05) is 18.2 Å². The first-order valence-corrected chi connectivity index (χ1v) is 6.19. The van der Waals surface area contributed by atoms with Crippen molar-refractivity contribution < 1.29 is 14.2 Å². The minimum atomic E-state index is -1.43. The van der Waals surface area contributed by atoms with Crippen LogP contribution in [0.4, 0.5) is 4.39 Å². The molecule has 7 heteroatoms. The van der Waals surface area contributed by atoms with Crippen LogP contribution >= 0.6 is 0 Å². The highest BCUT2D eigenvalue weighted by Gasteiger charge is 2.52. The van der Waals surface area contributed by atoms with Crippen LogP contribution in [-0.4, -0.2) is 33.0 Å². The van der Waals surface area contributed by atoms with Crippen LogP contribution < -0.4 is 11.2 Å². The highest BCUT2D eigenvalue weighted by Crippen LogP contribution is 2.44. The molecular formula is C12H17FN2O4. The van der Waals surface area contributed by atoms with Crippen LogP contribution in [0.5, 0.6) is 0 Å². The number of hydrogen-bond donors (Lipinski definition) is 2. The number of aliphatic hydroxyl groups is 1. The van der Waals surface area contributed by atoms with Gasteiger partial charge in [-0.1, -0.05) is 13.8 Å². The van der Waals surface area contributed by atoms with Gasteiger partial charge in [-0.3, -0.25) is 14.3 Å². The molecule has 0 saturated carbocycles. The second kappa shape index (κ2) is 4.90. The molecule has 0 aromatic carbocycles. The zero-order valence-corrected chi connectivity index (χ0v) is 10.8. The third kappa shape index (κ3) is 2.12. The van der Waals surface area contributed by atoms with Gasteiger partial charge in [0.05, 0.1) is 12.2 Å². The van der Waals surface area contributed by atoms with Crippen molar-refractivity contribution in [3.8, 4) is 0 Å². The van der Waals surface area contributed by atoms with Gasteiger partial charge >= 0.3 is 5.69 Å². The van der Waals surface area contributed by atoms with E-state index in [0.29, 0.717) is 6.42 Å². The van der Waals surface area contributed by atoms with Gasteiger partial charge in [0.25, 0.3) is 5.56 Å². The lowest BCUT2D eigenvalue weighted by molar-refractivity contribution is -0.115. The summed E-state index contributed by atoms with van der Waals surface area (Å²) in [6, 6.07) is 1.13. The molecule has 19 heavy (non-hydrogen) atoms. The molecule has 106 valence electrons. The summed E-state index contributed by atoms with van der Waals surface area (Å²) in [6.07, 6.45) is -0.935. The summed E-state index contributed by atoms with van der Waals surface area (Å²) >= 11 is 0. The Kier molecular flexibility index (Phi) is 3.60. The fourth-order valence-electron chi connectivity index (χ4n) is 2.49. The topological polar surface area (TPSA) is 84.3 Å². The molecule has 1 aromatic heterocycles. The molecular weight excluding hydrogens is 255 g/mol. The average Bonchev–Trinajstić information content (AvgIpc) is 2.64. The van der Waals surface area contributed by atoms with Gasteiger partial charge in [0.2, 0.25) is 0 Å². The summed E-state index contributed by atoms with van der Waals surface area (Å²) in [5.74, 6) is -0.550. The lowest BCUT2D eigenvalue weighted by atomic mass is 9.86. The van der Waals surface area contributed by atoms with Crippen LogP contribution in [0, 0.1) is 5.92 Å². The maximum Gasteiger partial charge on any atom is 0.330 e. The third-order valence-corrected chi connectivity index (χ3v) is 3.93. The second-order valence-electron chi connectivity index (χ2n) is 4.84. The van der Waals surface area contributed by atoms with Crippen molar-refractivity contribution in [3.05, 3.63) is 33.1 Å². The summed E-state index contributed by atoms with van der Waals surface area (Å²) in [5, 5.41) is 9.45. The number of hydrogen-bond acceptors (Lipinski definition) is 4. The summed E-state index contributed by atoms with van der Waals surface area (Å²) in [5.41, 5.74) is -2.27. The fourth-order valence-corrected chi connectivity index (χ4v) is 2.49. The molecule has 2 heterocycles. The molecule has 0 amide bonds. The Morgan fingerprint density at radius 1 is 1.58 bits per heavy atom. The Morgan fingerprint density at radius 3 is 2.74 bits per heavy atom. The minimum absolute atomic E-state index is 0.320. The number of H-pyrrole nitrogens is 1. The highest BCUT2D eigenvalue weighted by molar-refractivity contribution is 4.99. The summed E-state index contributed by atoms with van der Waals surface area (Å²) in [6.45, 7) is 3.11. The number of ether oxygens (including phenoxy) is 1. The molecule has 1 aliphatic rings. The predicted molar refractivity (Wildman–Crippen MR) is 65.6 cm³/mol. The number of alkyl halides is 1. The van der Waals surface area contributed by atoms with Crippen molar-refractivity contribution in [2.24, 2.45) is 5.92 Å². The second-order valence-corrected chi connectivity index (χ2v) is 4.84. The van der Waals surface area contributed by atoms with E-state index >= 15 is 0 Å². The molecule has 1 aliphatic heterocycles. The van der Waals surface area contributed by atoms with E-state index in [4.69, 9.17) is 4.74 Å². The molecule has 1 fully saturated rings. The van der Waals surface area contributed by atoms with Crippen LogP contribution in [0.15, 0.2) is 21.9 Å². The van der Waals surface area contributed by atoms with Crippen LogP contribution in [-0.2, 0) is 4.74 Å². The predicted octanol–water partition coefficient (Wildman–Crippen LogP) is 0.181. The zero-order chi connectivity index (χ0) is 14.2. The molecule has 2 N–H and O–H groups in total. The maximum atomic E-state index is 14.3. The molecule has 2 rings (SSSR count). The number of halogens is 1. The van der Waals surface area contributed by atoms with E-state index in [2.05, 4.69) is 4.98 Å². The van der Waals surface area contributed by atoms with Gasteiger partial charge in [0.15, 0.2) is 12.4 Å². The number of nitrogens with zero attached hydrogens (tertiary/aromatic N) is 1. The van der Waals surface area contributed by atoms with Crippen molar-refractivity contribution in [3.63, 3.8) is 0 Å². The largest absolute Gasteiger partial charge is 0.393 e. The molecule has 4 atom stereocenters. The Hall–Kier alpha value is -1.47. The van der Waals surface area contributed by atoms with Crippen LogP contribution in [0.2, 0.25) is 0 Å². The average molecular weight is 272 g/mol. The maximum absolute atomic E-state index is 14.3. The van der Waals surface area contributed by atoms with E-state index in [1.54, 1.807) is 13.8 Å². The third-order valence-electron chi connectivity index (χ3n) is 3.93. The van der Waals surface area contributed by atoms with Gasteiger partial charge in [-0.05, 0) is 6.42 Å². The van der Waals surface area contributed by atoms with Gasteiger partial charge in [-0.2, -0.15) is 0 Å². The molecule has 1 aromatic rings. The standard InChI is InChI=1S/C12H17FN2O4/c1-3-12(6-16)7(2)9(13)10(19-12)15-5-4-8(17)14-11(15)18/h4-5,7,9-10,16H,3,6H2,1-2H3,(H,14,17,18)/t7-,9-,10+,12-/m0/s1. The number of aliphatic hydroxyl groups excluding tert-OH is 1. The number of nitrogens with one attached hydrogen (secondary N) is 1. The van der Waals surface area contributed by atoms with Gasteiger partial charge in [0.1, 0.15) is 0 Å². The van der Waals surface area contributed by atoms with Crippen molar-refractivity contribution >= 4 is 0 Å². The van der Waals surface area contributed by atoms with Crippen molar-refractivity contribution in [1.29, 1.82) is 0 Å². The molecule has 0 aliphatic carbocycles. The normalized spacial score (nSPS) is 34.6. The van der Waals surface area contributed by atoms with E-state index in [-0.39, 0.29) is 6.61 Å². The molecule has 0 bridgehead atoms.